The van der Waals surface area contributed by atoms with Gasteiger partial charge in [-0.15, -0.1) is 5.10 Å². The largest absolute Gasteiger partial charge is 0.478 e. The molecular formula is C24H25N3O3. The number of carboxylic acid groups (broad SMARTS) is 1. The summed E-state index contributed by atoms with van der Waals surface area (Å²) >= 11 is 0. The third-order valence-electron chi connectivity index (χ3n) is 5.33. The highest BCUT2D eigenvalue weighted by Gasteiger charge is 2.24. The number of aryl methyl sites for hydroxylation is 1. The van der Waals surface area contributed by atoms with Gasteiger partial charge in [0.05, 0.1) is 17.8 Å². The van der Waals surface area contributed by atoms with Crippen molar-refractivity contribution in [3.05, 3.63) is 64.8 Å². The second-order valence-electron chi connectivity index (χ2n) is 8.74. The second-order valence-corrected chi connectivity index (χ2v) is 8.74. The van der Waals surface area contributed by atoms with Crippen molar-refractivity contribution >= 4 is 33.7 Å². The molecule has 4 aromatic rings. The Balaban J connectivity index is 1.88. The van der Waals surface area contributed by atoms with Gasteiger partial charge >= 0.3 is 5.97 Å². The van der Waals surface area contributed by atoms with Crippen molar-refractivity contribution in [1.29, 1.82) is 0 Å². The molecule has 6 heteroatoms. The van der Waals surface area contributed by atoms with E-state index < -0.39 is 5.97 Å². The van der Waals surface area contributed by atoms with Gasteiger partial charge in [0.25, 0.3) is 0 Å². The van der Waals surface area contributed by atoms with E-state index in [9.17, 15) is 9.90 Å². The first-order chi connectivity index (χ1) is 14.2. The average molecular weight is 403 g/mol. The fourth-order valence-electron chi connectivity index (χ4n) is 3.81. The molecule has 4 rings (SSSR count). The van der Waals surface area contributed by atoms with E-state index in [-0.39, 0.29) is 17.0 Å². The first kappa shape index (κ1) is 19.9. The Morgan fingerprint density at radius 1 is 1.17 bits per heavy atom. The molecule has 0 fully saturated rings. The van der Waals surface area contributed by atoms with Gasteiger partial charge in [-0.2, -0.15) is 5.10 Å². The van der Waals surface area contributed by atoms with Crippen molar-refractivity contribution in [3.63, 3.8) is 0 Å². The zero-order chi connectivity index (χ0) is 21.6. The number of nitrogens with one attached hydrogen (secondary N) is 1. The maximum atomic E-state index is 11.6. The first-order valence-electron chi connectivity index (χ1n) is 9.94. The smallest absolute Gasteiger partial charge is 0.337 e. The molecule has 0 aliphatic heterocycles. The summed E-state index contributed by atoms with van der Waals surface area (Å²) in [6.45, 7) is 10.4. The van der Waals surface area contributed by atoms with Crippen molar-refractivity contribution in [2.45, 2.75) is 46.1 Å². The van der Waals surface area contributed by atoms with Crippen LogP contribution in [0.5, 0.6) is 0 Å². The number of rotatable bonds is 4. The van der Waals surface area contributed by atoms with Crippen LogP contribution in [0.15, 0.2) is 47.0 Å². The van der Waals surface area contributed by atoms with Crippen LogP contribution in [0.1, 0.15) is 60.8 Å². The molecule has 0 amide bonds. The molecule has 30 heavy (non-hydrogen) atoms. The second kappa shape index (κ2) is 7.13. The molecule has 154 valence electrons. The minimum Gasteiger partial charge on any atom is -0.478 e. The SMILES string of the molecule is Cc1cc([C@@H](C)Nc2ccccc2C(=O)O)c2oc3c(C(C)(C)C)cnnc3c2c1. The Morgan fingerprint density at radius 3 is 2.60 bits per heavy atom. The summed E-state index contributed by atoms with van der Waals surface area (Å²) in [5, 5.41) is 22.3. The van der Waals surface area contributed by atoms with E-state index >= 15 is 0 Å². The summed E-state index contributed by atoms with van der Waals surface area (Å²) in [6.07, 6.45) is 1.77. The fraction of sp³-hybridized carbons (Fsp3) is 0.292. The van der Waals surface area contributed by atoms with Crippen LogP contribution in [0, 0.1) is 6.92 Å². The lowest BCUT2D eigenvalue weighted by Crippen LogP contribution is -2.12. The van der Waals surface area contributed by atoms with E-state index in [2.05, 4.69) is 48.4 Å². The highest BCUT2D eigenvalue weighted by Crippen LogP contribution is 2.38. The summed E-state index contributed by atoms with van der Waals surface area (Å²) < 4.78 is 6.37. The predicted octanol–water partition coefficient (Wildman–Crippen LogP) is 5.85. The number of para-hydroxylation sites is 1. The Kier molecular flexibility index (Phi) is 4.73. The summed E-state index contributed by atoms with van der Waals surface area (Å²) in [4.78, 5) is 11.6. The van der Waals surface area contributed by atoms with Gasteiger partial charge in [-0.3, -0.25) is 0 Å². The maximum absolute atomic E-state index is 11.6. The molecule has 0 aliphatic rings. The van der Waals surface area contributed by atoms with Crippen molar-refractivity contribution in [1.82, 2.24) is 10.2 Å². The molecular weight excluding hydrogens is 378 g/mol. The molecule has 2 aromatic carbocycles. The number of hydrogen-bond acceptors (Lipinski definition) is 5. The third kappa shape index (κ3) is 3.38. The molecule has 0 unspecified atom stereocenters. The quantitative estimate of drug-likeness (QED) is 0.444. The van der Waals surface area contributed by atoms with Gasteiger partial charge in [-0.05, 0) is 43.0 Å². The van der Waals surface area contributed by atoms with E-state index in [0.29, 0.717) is 5.69 Å². The van der Waals surface area contributed by atoms with Gasteiger partial charge in [-0.25, -0.2) is 4.79 Å². The molecule has 0 bridgehead atoms. The molecule has 0 saturated heterocycles. The van der Waals surface area contributed by atoms with Gasteiger partial charge in [-0.1, -0.05) is 39.0 Å². The summed E-state index contributed by atoms with van der Waals surface area (Å²) in [5.74, 6) is -0.964. The van der Waals surface area contributed by atoms with Gasteiger partial charge in [0, 0.05) is 22.2 Å². The lowest BCUT2D eigenvalue weighted by molar-refractivity contribution is 0.0698. The number of hydrogen-bond donors (Lipinski definition) is 2. The standard InChI is InChI=1S/C24H25N3O3/c1-13-10-16(14(2)26-19-9-7-6-8-15(19)23(28)29)21-17(11-13)20-22(30-21)18(12-25-27-20)24(3,4)5/h6-12,14,26H,1-5H3,(H,28,29)/t14-/m1/s1. The van der Waals surface area contributed by atoms with E-state index in [1.165, 1.54) is 0 Å². The number of aromatic carboxylic acids is 1. The average Bonchev–Trinajstić information content (AvgIpc) is 3.05. The van der Waals surface area contributed by atoms with Crippen LogP contribution in [-0.2, 0) is 5.41 Å². The molecule has 2 heterocycles. The van der Waals surface area contributed by atoms with Crippen LogP contribution in [0.4, 0.5) is 5.69 Å². The fourth-order valence-corrected chi connectivity index (χ4v) is 3.81. The third-order valence-corrected chi connectivity index (χ3v) is 5.33. The number of fused-ring (bicyclic) bond motifs is 3. The van der Waals surface area contributed by atoms with Crippen molar-refractivity contribution < 1.29 is 14.3 Å². The van der Waals surface area contributed by atoms with E-state index in [0.717, 1.165) is 38.8 Å². The minimum absolute atomic E-state index is 0.137. The highest BCUT2D eigenvalue weighted by molar-refractivity contribution is 6.05. The lowest BCUT2D eigenvalue weighted by Gasteiger charge is -2.18. The van der Waals surface area contributed by atoms with Gasteiger partial charge in [0.1, 0.15) is 11.1 Å². The van der Waals surface area contributed by atoms with Gasteiger partial charge < -0.3 is 14.8 Å². The predicted molar refractivity (Wildman–Crippen MR) is 118 cm³/mol. The molecule has 0 saturated carbocycles. The Bertz CT molecular complexity index is 1270. The summed E-state index contributed by atoms with van der Waals surface area (Å²) in [7, 11) is 0. The van der Waals surface area contributed by atoms with Crippen molar-refractivity contribution in [3.8, 4) is 0 Å². The lowest BCUT2D eigenvalue weighted by atomic mass is 9.88. The molecule has 1 atom stereocenters. The topological polar surface area (TPSA) is 88.2 Å². The zero-order valence-electron chi connectivity index (χ0n) is 17.8. The summed E-state index contributed by atoms with van der Waals surface area (Å²) in [5.41, 5.74) is 5.93. The molecule has 2 N–H and O–H groups in total. The normalized spacial score (nSPS) is 13.0. The van der Waals surface area contributed by atoms with Crippen LogP contribution in [0.3, 0.4) is 0 Å². The number of nitrogens with zero attached hydrogens (tertiary/aromatic N) is 2. The Morgan fingerprint density at radius 2 is 1.90 bits per heavy atom. The number of anilines is 1. The Labute approximate surface area is 174 Å². The molecule has 0 aliphatic carbocycles. The van der Waals surface area contributed by atoms with Crippen molar-refractivity contribution in [2.24, 2.45) is 0 Å². The number of carbonyl (C=O) groups is 1. The van der Waals surface area contributed by atoms with Crippen LogP contribution < -0.4 is 5.32 Å². The highest BCUT2D eigenvalue weighted by atomic mass is 16.4. The van der Waals surface area contributed by atoms with E-state index in [4.69, 9.17) is 4.42 Å². The molecule has 6 nitrogen and oxygen atoms in total. The van der Waals surface area contributed by atoms with Gasteiger partial charge in [0.15, 0.2) is 5.58 Å². The molecule has 0 radical (unpaired) electrons. The number of aromatic nitrogens is 2. The number of benzene rings is 2. The maximum Gasteiger partial charge on any atom is 0.337 e. The minimum atomic E-state index is -0.964. The molecule has 0 spiro atoms. The van der Waals surface area contributed by atoms with E-state index in [1.54, 1.807) is 24.4 Å². The van der Waals surface area contributed by atoms with Crippen LogP contribution >= 0.6 is 0 Å². The summed E-state index contributed by atoms with van der Waals surface area (Å²) in [6, 6.07) is 10.8. The van der Waals surface area contributed by atoms with Crippen LogP contribution in [-0.4, -0.2) is 21.3 Å². The Hall–Kier alpha value is -3.41. The molecule has 2 aromatic heterocycles. The number of furan rings is 1. The van der Waals surface area contributed by atoms with Crippen LogP contribution in [0.25, 0.3) is 22.1 Å². The van der Waals surface area contributed by atoms with Gasteiger partial charge in [0.2, 0.25) is 0 Å². The zero-order valence-corrected chi connectivity index (χ0v) is 17.8. The monoisotopic (exact) mass is 403 g/mol. The van der Waals surface area contributed by atoms with E-state index in [1.807, 2.05) is 19.9 Å². The first-order valence-corrected chi connectivity index (χ1v) is 9.94. The number of carboxylic acids is 1. The van der Waals surface area contributed by atoms with Crippen LogP contribution in [0.2, 0.25) is 0 Å². The van der Waals surface area contributed by atoms with Crippen molar-refractivity contribution in [2.75, 3.05) is 5.32 Å².